The van der Waals surface area contributed by atoms with Crippen molar-refractivity contribution in [1.29, 1.82) is 0 Å². The lowest BCUT2D eigenvalue weighted by atomic mass is 9.85. The van der Waals surface area contributed by atoms with Crippen LogP contribution in [0.3, 0.4) is 0 Å². The van der Waals surface area contributed by atoms with Gasteiger partial charge in [0, 0.05) is 45.5 Å². The smallest absolute Gasteiger partial charge is 0.230 e. The van der Waals surface area contributed by atoms with Crippen LogP contribution in [-0.4, -0.2) is 55.5 Å². The lowest BCUT2D eigenvalue weighted by Crippen LogP contribution is -2.44. The maximum Gasteiger partial charge on any atom is 0.230 e. The minimum absolute atomic E-state index is 0.208. The molecule has 1 atom stereocenters. The van der Waals surface area contributed by atoms with Gasteiger partial charge in [0.15, 0.2) is 5.96 Å². The van der Waals surface area contributed by atoms with E-state index >= 15 is 0 Å². The standard InChI is InChI=1S/C22H37N5O/c1-6-24-21(25-15-19(17(2)3)18-10-9-13-23-14-18)26-16-22(11-7-8-12-22)20(28)27(4)5/h9-10,13-14,17,19H,6-8,11-12,15-16H2,1-5H3,(H2,24,25,26). The van der Waals surface area contributed by atoms with Gasteiger partial charge in [0.05, 0.1) is 12.0 Å². The van der Waals surface area contributed by atoms with Crippen LogP contribution in [0.5, 0.6) is 0 Å². The number of amides is 1. The Balaban J connectivity index is 2.10. The van der Waals surface area contributed by atoms with Gasteiger partial charge in [0.1, 0.15) is 0 Å². The van der Waals surface area contributed by atoms with Crippen molar-refractivity contribution in [2.75, 3.05) is 33.7 Å². The molecule has 0 aromatic carbocycles. The van der Waals surface area contributed by atoms with E-state index in [1.165, 1.54) is 5.56 Å². The molecule has 28 heavy (non-hydrogen) atoms. The second-order valence-electron chi connectivity index (χ2n) is 8.40. The van der Waals surface area contributed by atoms with E-state index in [1.807, 2.05) is 32.6 Å². The quantitative estimate of drug-likeness (QED) is 0.531. The highest BCUT2D eigenvalue weighted by Crippen LogP contribution is 2.39. The minimum atomic E-state index is -0.341. The summed E-state index contributed by atoms with van der Waals surface area (Å²) < 4.78 is 0. The summed E-state index contributed by atoms with van der Waals surface area (Å²) in [6.45, 7) is 8.63. The predicted molar refractivity (Wildman–Crippen MR) is 115 cm³/mol. The second-order valence-corrected chi connectivity index (χ2v) is 8.40. The first-order valence-electron chi connectivity index (χ1n) is 10.5. The first-order chi connectivity index (χ1) is 13.4. The van der Waals surface area contributed by atoms with Crippen LogP contribution in [0.2, 0.25) is 0 Å². The number of nitrogens with zero attached hydrogens (tertiary/aromatic N) is 3. The summed E-state index contributed by atoms with van der Waals surface area (Å²) in [6.07, 6.45) is 7.82. The maximum absolute atomic E-state index is 12.8. The number of pyridine rings is 1. The van der Waals surface area contributed by atoms with Crippen LogP contribution in [-0.2, 0) is 4.79 Å². The number of carbonyl (C=O) groups excluding carboxylic acids is 1. The van der Waals surface area contributed by atoms with Gasteiger partial charge in [0.25, 0.3) is 0 Å². The van der Waals surface area contributed by atoms with Gasteiger partial charge in [-0.25, -0.2) is 0 Å². The van der Waals surface area contributed by atoms with E-state index in [1.54, 1.807) is 4.90 Å². The molecule has 0 spiro atoms. The summed E-state index contributed by atoms with van der Waals surface area (Å²) in [7, 11) is 3.69. The Kier molecular flexibility index (Phi) is 8.27. The molecule has 0 radical (unpaired) electrons. The van der Waals surface area contributed by atoms with Crippen LogP contribution in [0, 0.1) is 11.3 Å². The third kappa shape index (κ3) is 5.69. The molecule has 1 heterocycles. The molecule has 1 saturated carbocycles. The van der Waals surface area contributed by atoms with Crippen molar-refractivity contribution in [3.63, 3.8) is 0 Å². The molecule has 0 saturated heterocycles. The SMILES string of the molecule is CCNC(=NCC1(C(=O)N(C)C)CCCC1)NCC(c1cccnc1)C(C)C. The van der Waals surface area contributed by atoms with Crippen molar-refractivity contribution in [1.82, 2.24) is 20.5 Å². The molecule has 0 bridgehead atoms. The summed E-state index contributed by atoms with van der Waals surface area (Å²) in [4.78, 5) is 23.6. The van der Waals surface area contributed by atoms with E-state index < -0.39 is 0 Å². The van der Waals surface area contributed by atoms with Crippen molar-refractivity contribution < 1.29 is 4.79 Å². The fraction of sp³-hybridized carbons (Fsp3) is 0.682. The average molecular weight is 388 g/mol. The van der Waals surface area contributed by atoms with E-state index in [4.69, 9.17) is 4.99 Å². The van der Waals surface area contributed by atoms with Crippen LogP contribution in [0.15, 0.2) is 29.5 Å². The summed E-state index contributed by atoms with van der Waals surface area (Å²) >= 11 is 0. The summed E-state index contributed by atoms with van der Waals surface area (Å²) in [6, 6.07) is 4.12. The Morgan fingerprint density at radius 1 is 1.29 bits per heavy atom. The number of carbonyl (C=O) groups is 1. The van der Waals surface area contributed by atoms with Gasteiger partial charge >= 0.3 is 0 Å². The molecule has 1 unspecified atom stereocenters. The van der Waals surface area contributed by atoms with Gasteiger partial charge in [-0.05, 0) is 37.3 Å². The maximum atomic E-state index is 12.8. The fourth-order valence-corrected chi connectivity index (χ4v) is 4.08. The fourth-order valence-electron chi connectivity index (χ4n) is 4.08. The van der Waals surface area contributed by atoms with Gasteiger partial charge in [0.2, 0.25) is 5.91 Å². The summed E-state index contributed by atoms with van der Waals surface area (Å²) in [5.41, 5.74) is 0.892. The van der Waals surface area contributed by atoms with Crippen LogP contribution in [0.4, 0.5) is 0 Å². The molecule has 1 aliphatic carbocycles. The molecular weight excluding hydrogens is 350 g/mol. The number of rotatable bonds is 8. The lowest BCUT2D eigenvalue weighted by molar-refractivity contribution is -0.138. The molecular formula is C22H37N5O. The Labute approximate surface area is 170 Å². The van der Waals surface area contributed by atoms with E-state index in [0.717, 1.165) is 44.7 Å². The van der Waals surface area contributed by atoms with Crippen LogP contribution < -0.4 is 10.6 Å². The van der Waals surface area contributed by atoms with Crippen molar-refractivity contribution in [2.45, 2.75) is 52.4 Å². The molecule has 1 aromatic heterocycles. The van der Waals surface area contributed by atoms with Crippen molar-refractivity contribution >= 4 is 11.9 Å². The van der Waals surface area contributed by atoms with E-state index in [-0.39, 0.29) is 11.3 Å². The van der Waals surface area contributed by atoms with Crippen molar-refractivity contribution in [3.8, 4) is 0 Å². The summed E-state index contributed by atoms with van der Waals surface area (Å²) in [5, 5.41) is 6.83. The van der Waals surface area contributed by atoms with Gasteiger partial charge in [-0.3, -0.25) is 14.8 Å². The molecule has 156 valence electrons. The first-order valence-corrected chi connectivity index (χ1v) is 10.5. The van der Waals surface area contributed by atoms with Crippen LogP contribution >= 0.6 is 0 Å². The first kappa shape index (κ1) is 22.2. The van der Waals surface area contributed by atoms with Crippen molar-refractivity contribution in [3.05, 3.63) is 30.1 Å². The molecule has 1 amide bonds. The van der Waals surface area contributed by atoms with Gasteiger partial charge in [-0.15, -0.1) is 0 Å². The Morgan fingerprint density at radius 2 is 2.00 bits per heavy atom. The molecule has 2 rings (SSSR count). The number of hydrogen-bond acceptors (Lipinski definition) is 3. The van der Waals surface area contributed by atoms with E-state index in [9.17, 15) is 4.79 Å². The largest absolute Gasteiger partial charge is 0.357 e. The third-order valence-electron chi connectivity index (χ3n) is 5.71. The number of hydrogen-bond donors (Lipinski definition) is 2. The topological polar surface area (TPSA) is 69.6 Å². The van der Waals surface area contributed by atoms with Gasteiger partial charge in [-0.1, -0.05) is 32.8 Å². The lowest BCUT2D eigenvalue weighted by Gasteiger charge is -2.29. The second kappa shape index (κ2) is 10.4. The highest BCUT2D eigenvalue weighted by molar-refractivity contribution is 5.84. The minimum Gasteiger partial charge on any atom is -0.357 e. The van der Waals surface area contributed by atoms with Gasteiger partial charge < -0.3 is 15.5 Å². The highest BCUT2D eigenvalue weighted by Gasteiger charge is 2.42. The van der Waals surface area contributed by atoms with E-state index in [2.05, 4.69) is 42.5 Å². The molecule has 1 fully saturated rings. The van der Waals surface area contributed by atoms with Crippen molar-refractivity contribution in [2.24, 2.45) is 16.3 Å². The normalized spacial score (nSPS) is 17.4. The Morgan fingerprint density at radius 3 is 2.54 bits per heavy atom. The Bertz CT molecular complexity index is 636. The number of guanidine groups is 1. The molecule has 6 heteroatoms. The van der Waals surface area contributed by atoms with Crippen LogP contribution in [0.25, 0.3) is 0 Å². The zero-order valence-corrected chi connectivity index (χ0v) is 18.2. The summed E-state index contributed by atoms with van der Waals surface area (Å²) in [5.74, 6) is 1.83. The van der Waals surface area contributed by atoms with E-state index in [0.29, 0.717) is 18.4 Å². The Hall–Kier alpha value is -2.11. The molecule has 0 aliphatic heterocycles. The highest BCUT2D eigenvalue weighted by atomic mass is 16.2. The molecule has 6 nitrogen and oxygen atoms in total. The molecule has 1 aliphatic rings. The monoisotopic (exact) mass is 387 g/mol. The third-order valence-corrected chi connectivity index (χ3v) is 5.71. The number of aromatic nitrogens is 1. The number of nitrogens with one attached hydrogen (secondary N) is 2. The zero-order chi connectivity index (χ0) is 20.6. The van der Waals surface area contributed by atoms with Gasteiger partial charge in [-0.2, -0.15) is 0 Å². The molecule has 2 N–H and O–H groups in total. The molecule has 1 aromatic rings. The zero-order valence-electron chi connectivity index (χ0n) is 18.2. The predicted octanol–water partition coefficient (Wildman–Crippen LogP) is 3.02. The van der Waals surface area contributed by atoms with Crippen LogP contribution in [0.1, 0.15) is 57.9 Å². The number of aliphatic imine (C=N–C) groups is 1. The average Bonchev–Trinajstić information content (AvgIpc) is 3.16.